The monoisotopic (exact) mass is 302 g/mol. The number of nitrogens with one attached hydrogen (secondary N) is 2. The van der Waals surface area contributed by atoms with Crippen LogP contribution in [0.1, 0.15) is 6.92 Å². The van der Waals surface area contributed by atoms with Crippen molar-refractivity contribution in [1.82, 2.24) is 4.72 Å². The molecule has 0 amide bonds. The Morgan fingerprint density at radius 2 is 1.85 bits per heavy atom. The van der Waals surface area contributed by atoms with E-state index in [9.17, 15) is 8.42 Å². The Hall–Kier alpha value is -1.15. The van der Waals surface area contributed by atoms with Gasteiger partial charge in [0.05, 0.1) is 17.6 Å². The van der Waals surface area contributed by atoms with E-state index in [0.29, 0.717) is 19.7 Å². The predicted octanol–water partition coefficient (Wildman–Crippen LogP) is 1.06. The van der Waals surface area contributed by atoms with E-state index in [1.165, 1.54) is 0 Å². The molecule has 2 N–H and O–H groups in total. The molecule has 0 aliphatic carbocycles. The normalized spacial score (nSPS) is 13.2. The molecule has 1 rings (SSSR count). The summed E-state index contributed by atoms with van der Waals surface area (Å²) in [7, 11) is -0.154. The molecular weight excluding hydrogens is 280 g/mol. The van der Waals surface area contributed by atoms with Crippen LogP contribution in [0.2, 0.25) is 0 Å². The molecule has 114 valence electrons. The summed E-state index contributed by atoms with van der Waals surface area (Å²) in [6.45, 7) is 3.20. The molecule has 1 unspecified atom stereocenters. The molecule has 20 heavy (non-hydrogen) atoms. The van der Waals surface area contributed by atoms with Crippen LogP contribution in [0.4, 0.5) is 5.69 Å². The summed E-state index contributed by atoms with van der Waals surface area (Å²) in [6, 6.07) is 6.59. The fourth-order valence-electron chi connectivity index (χ4n) is 1.65. The van der Waals surface area contributed by atoms with Crippen LogP contribution in [-0.4, -0.2) is 48.4 Å². The maximum atomic E-state index is 11.8. The largest absolute Gasteiger partial charge is 0.382 e. The molecule has 0 heterocycles. The molecule has 0 fully saturated rings. The lowest BCUT2D eigenvalue weighted by atomic mass is 10.3. The molecule has 0 radical (unpaired) electrons. The third-order valence-corrected chi connectivity index (χ3v) is 4.28. The zero-order valence-electron chi connectivity index (χ0n) is 12.0. The Morgan fingerprint density at radius 3 is 2.35 bits per heavy atom. The lowest BCUT2D eigenvalue weighted by Crippen LogP contribution is -2.26. The van der Waals surface area contributed by atoms with Gasteiger partial charge < -0.3 is 14.8 Å². The van der Waals surface area contributed by atoms with Crippen molar-refractivity contribution >= 4 is 15.7 Å². The van der Waals surface area contributed by atoms with Crippen LogP contribution < -0.4 is 10.0 Å². The van der Waals surface area contributed by atoms with Gasteiger partial charge in [-0.2, -0.15) is 0 Å². The second-order valence-corrected chi connectivity index (χ2v) is 5.99. The first-order chi connectivity index (χ1) is 9.53. The highest BCUT2D eigenvalue weighted by Crippen LogP contribution is 2.14. The molecule has 0 bridgehead atoms. The van der Waals surface area contributed by atoms with Crippen LogP contribution in [-0.2, 0) is 19.5 Å². The first-order valence-corrected chi connectivity index (χ1v) is 7.87. The number of ether oxygens (including phenoxy) is 2. The number of hydrogen-bond acceptors (Lipinski definition) is 5. The summed E-state index contributed by atoms with van der Waals surface area (Å²) in [5.41, 5.74) is 0.832. The van der Waals surface area contributed by atoms with Gasteiger partial charge in [0.1, 0.15) is 0 Å². The third kappa shape index (κ3) is 5.09. The fraction of sp³-hybridized carbons (Fsp3) is 0.538. The van der Waals surface area contributed by atoms with Gasteiger partial charge in [-0.3, -0.25) is 0 Å². The highest BCUT2D eigenvalue weighted by molar-refractivity contribution is 7.89. The van der Waals surface area contributed by atoms with E-state index in [2.05, 4.69) is 10.0 Å². The topological polar surface area (TPSA) is 76.7 Å². The summed E-state index contributed by atoms with van der Waals surface area (Å²) >= 11 is 0. The van der Waals surface area contributed by atoms with E-state index in [-0.39, 0.29) is 11.0 Å². The van der Waals surface area contributed by atoms with Crippen molar-refractivity contribution in [2.45, 2.75) is 17.9 Å². The lowest BCUT2D eigenvalue weighted by molar-refractivity contribution is 0.0365. The molecule has 1 aromatic rings. The molecule has 1 aromatic carbocycles. The summed E-state index contributed by atoms with van der Waals surface area (Å²) < 4.78 is 36.2. The number of methoxy groups -OCH3 is 2. The van der Waals surface area contributed by atoms with E-state index in [4.69, 9.17) is 9.47 Å². The molecular formula is C13H22N2O4S. The molecule has 6 nitrogen and oxygen atoms in total. The average Bonchev–Trinajstić information content (AvgIpc) is 2.44. The summed E-state index contributed by atoms with van der Waals surface area (Å²) in [5, 5.41) is 3.17. The molecule has 7 heteroatoms. The lowest BCUT2D eigenvalue weighted by Gasteiger charge is -2.16. The molecule has 0 spiro atoms. The zero-order valence-corrected chi connectivity index (χ0v) is 12.9. The van der Waals surface area contributed by atoms with Gasteiger partial charge in [-0.05, 0) is 24.3 Å². The quantitative estimate of drug-likeness (QED) is 0.713. The number of anilines is 1. The number of sulfonamides is 1. The van der Waals surface area contributed by atoms with Gasteiger partial charge >= 0.3 is 0 Å². The molecule has 0 aliphatic rings. The van der Waals surface area contributed by atoms with Crippen molar-refractivity contribution in [3.63, 3.8) is 0 Å². The van der Waals surface area contributed by atoms with Crippen molar-refractivity contribution < 1.29 is 17.9 Å². The van der Waals surface area contributed by atoms with E-state index >= 15 is 0 Å². The van der Waals surface area contributed by atoms with Gasteiger partial charge in [0, 0.05) is 33.0 Å². The second kappa shape index (κ2) is 8.21. The fourth-order valence-corrected chi connectivity index (χ4v) is 2.69. The molecule has 1 atom stereocenters. The van der Waals surface area contributed by atoms with E-state index in [1.54, 1.807) is 45.4 Å². The number of benzene rings is 1. The van der Waals surface area contributed by atoms with Crippen LogP contribution in [0.3, 0.4) is 0 Å². The third-order valence-electron chi connectivity index (χ3n) is 2.72. The highest BCUT2D eigenvalue weighted by Gasteiger charge is 2.12. The minimum absolute atomic E-state index is 0.0508. The van der Waals surface area contributed by atoms with Crippen molar-refractivity contribution in [3.05, 3.63) is 24.3 Å². The Labute approximate surface area is 120 Å². The van der Waals surface area contributed by atoms with Crippen molar-refractivity contribution in [2.75, 3.05) is 39.2 Å². The smallest absolute Gasteiger partial charge is 0.240 e. The first kappa shape index (κ1) is 16.9. The maximum Gasteiger partial charge on any atom is 0.240 e. The van der Waals surface area contributed by atoms with Crippen LogP contribution in [0, 0.1) is 0 Å². The van der Waals surface area contributed by atoms with Crippen LogP contribution in [0.15, 0.2) is 29.2 Å². The zero-order chi connectivity index (χ0) is 15.0. The van der Waals surface area contributed by atoms with Gasteiger partial charge in [0.2, 0.25) is 10.0 Å². The number of hydrogen-bond donors (Lipinski definition) is 2. The minimum atomic E-state index is -3.39. The summed E-state index contributed by atoms with van der Waals surface area (Å²) in [4.78, 5) is 0.255. The van der Waals surface area contributed by atoms with Gasteiger partial charge in [0.15, 0.2) is 0 Å². The number of rotatable bonds is 9. The van der Waals surface area contributed by atoms with E-state index < -0.39 is 10.0 Å². The predicted molar refractivity (Wildman–Crippen MR) is 78.5 cm³/mol. The standard InChI is InChI=1S/C13H22N2O4S/c1-4-15-20(16,17)13-7-5-11(6-8-13)14-9-12(19-3)10-18-2/h5-8,12,14-15H,4,9-10H2,1-3H3. The van der Waals surface area contributed by atoms with Crippen LogP contribution in [0.5, 0.6) is 0 Å². The van der Waals surface area contributed by atoms with Crippen molar-refractivity contribution in [1.29, 1.82) is 0 Å². The SMILES string of the molecule is CCNS(=O)(=O)c1ccc(NCC(COC)OC)cc1. The Kier molecular flexibility index (Phi) is 6.94. The van der Waals surface area contributed by atoms with Crippen LogP contribution in [0.25, 0.3) is 0 Å². The van der Waals surface area contributed by atoms with Crippen molar-refractivity contribution in [3.8, 4) is 0 Å². The van der Waals surface area contributed by atoms with Gasteiger partial charge in [0.25, 0.3) is 0 Å². The minimum Gasteiger partial charge on any atom is -0.382 e. The van der Waals surface area contributed by atoms with Crippen molar-refractivity contribution in [2.24, 2.45) is 0 Å². The summed E-state index contributed by atoms with van der Waals surface area (Å²) in [5.74, 6) is 0. The van der Waals surface area contributed by atoms with Gasteiger partial charge in [-0.15, -0.1) is 0 Å². The van der Waals surface area contributed by atoms with E-state index in [0.717, 1.165) is 5.69 Å². The molecule has 0 saturated heterocycles. The Balaban J connectivity index is 2.63. The molecule has 0 saturated carbocycles. The molecule has 0 aromatic heterocycles. The van der Waals surface area contributed by atoms with Gasteiger partial charge in [-0.1, -0.05) is 6.92 Å². The van der Waals surface area contributed by atoms with Crippen LogP contribution >= 0.6 is 0 Å². The Bertz CT molecular complexity index is 488. The second-order valence-electron chi connectivity index (χ2n) is 4.22. The highest BCUT2D eigenvalue weighted by atomic mass is 32.2. The molecule has 0 aliphatic heterocycles. The maximum absolute atomic E-state index is 11.8. The first-order valence-electron chi connectivity index (χ1n) is 6.38. The Morgan fingerprint density at radius 1 is 1.20 bits per heavy atom. The van der Waals surface area contributed by atoms with E-state index in [1.807, 2.05) is 0 Å². The summed E-state index contributed by atoms with van der Waals surface area (Å²) in [6.07, 6.45) is -0.0508. The average molecular weight is 302 g/mol. The van der Waals surface area contributed by atoms with Gasteiger partial charge in [-0.25, -0.2) is 13.1 Å².